The average molecular weight is 384 g/mol. The standard InChI is InChI=1S/C17H22ClN3O3S/c1-11-9-20(12(2)8-19(11)5-6-22)16(23)10-21-14-7-13(18)3-4-15(14)25-17(21)24/h3-4,7,11-12,22H,5-6,8-10H2,1-2H3. The highest BCUT2D eigenvalue weighted by Gasteiger charge is 2.31. The zero-order valence-electron chi connectivity index (χ0n) is 14.3. The molecule has 1 amide bonds. The molecule has 0 bridgehead atoms. The molecule has 1 aliphatic rings. The van der Waals surface area contributed by atoms with Crippen molar-refractivity contribution in [2.75, 3.05) is 26.2 Å². The van der Waals surface area contributed by atoms with Crippen molar-refractivity contribution >= 4 is 39.1 Å². The van der Waals surface area contributed by atoms with E-state index in [9.17, 15) is 9.59 Å². The molecule has 6 nitrogen and oxygen atoms in total. The monoisotopic (exact) mass is 383 g/mol. The number of aliphatic hydroxyl groups excluding tert-OH is 1. The molecule has 0 aliphatic carbocycles. The molecule has 0 radical (unpaired) electrons. The summed E-state index contributed by atoms with van der Waals surface area (Å²) >= 11 is 7.17. The summed E-state index contributed by atoms with van der Waals surface area (Å²) in [4.78, 5) is 29.0. The third-order valence-corrected chi connectivity index (χ3v) is 5.94. The van der Waals surface area contributed by atoms with Gasteiger partial charge in [-0.1, -0.05) is 22.9 Å². The largest absolute Gasteiger partial charge is 0.395 e. The number of halogens is 1. The molecule has 1 aromatic carbocycles. The molecule has 0 saturated carbocycles. The van der Waals surface area contributed by atoms with Crippen LogP contribution >= 0.6 is 22.9 Å². The minimum atomic E-state index is -0.148. The Hall–Kier alpha value is -1.41. The van der Waals surface area contributed by atoms with E-state index in [2.05, 4.69) is 4.90 Å². The molecular weight excluding hydrogens is 362 g/mol. The number of piperazine rings is 1. The summed E-state index contributed by atoms with van der Waals surface area (Å²) in [6.07, 6.45) is 0. The van der Waals surface area contributed by atoms with Crippen LogP contribution in [-0.4, -0.2) is 63.7 Å². The maximum atomic E-state index is 12.8. The van der Waals surface area contributed by atoms with Gasteiger partial charge in [0.05, 0.1) is 16.8 Å². The number of thiazole rings is 1. The van der Waals surface area contributed by atoms with E-state index in [-0.39, 0.29) is 36.0 Å². The van der Waals surface area contributed by atoms with Crippen molar-refractivity contribution in [3.8, 4) is 0 Å². The summed E-state index contributed by atoms with van der Waals surface area (Å²) in [5.41, 5.74) is 0.704. The maximum Gasteiger partial charge on any atom is 0.308 e. The van der Waals surface area contributed by atoms with Crippen LogP contribution in [0.1, 0.15) is 13.8 Å². The van der Waals surface area contributed by atoms with Crippen molar-refractivity contribution in [1.29, 1.82) is 0 Å². The van der Waals surface area contributed by atoms with Crippen molar-refractivity contribution in [2.45, 2.75) is 32.5 Å². The van der Waals surface area contributed by atoms with Gasteiger partial charge >= 0.3 is 4.87 Å². The molecule has 2 atom stereocenters. The van der Waals surface area contributed by atoms with Crippen molar-refractivity contribution in [2.24, 2.45) is 0 Å². The van der Waals surface area contributed by atoms with Crippen LogP contribution in [0.3, 0.4) is 0 Å². The third-order valence-electron chi connectivity index (χ3n) is 4.75. The van der Waals surface area contributed by atoms with E-state index in [0.29, 0.717) is 23.6 Å². The van der Waals surface area contributed by atoms with Crippen molar-refractivity contribution in [3.63, 3.8) is 0 Å². The molecule has 25 heavy (non-hydrogen) atoms. The van der Waals surface area contributed by atoms with Gasteiger partial charge in [0.25, 0.3) is 0 Å². The van der Waals surface area contributed by atoms with Crippen LogP contribution in [0.15, 0.2) is 23.0 Å². The number of hydrogen-bond acceptors (Lipinski definition) is 5. The first kappa shape index (κ1) is 18.4. The second-order valence-corrected chi connectivity index (χ2v) is 7.96. The minimum Gasteiger partial charge on any atom is -0.395 e. The molecule has 1 aromatic heterocycles. The van der Waals surface area contributed by atoms with E-state index in [1.165, 1.54) is 4.57 Å². The lowest BCUT2D eigenvalue weighted by Crippen LogP contribution is -2.59. The van der Waals surface area contributed by atoms with Crippen molar-refractivity contribution in [3.05, 3.63) is 32.9 Å². The van der Waals surface area contributed by atoms with Crippen LogP contribution in [0.4, 0.5) is 0 Å². The van der Waals surface area contributed by atoms with Crippen LogP contribution < -0.4 is 4.87 Å². The Kier molecular flexibility index (Phi) is 5.48. The van der Waals surface area contributed by atoms with Crippen LogP contribution in [0.5, 0.6) is 0 Å². The van der Waals surface area contributed by atoms with Crippen LogP contribution in [0.25, 0.3) is 10.2 Å². The van der Waals surface area contributed by atoms with Gasteiger partial charge in [0.2, 0.25) is 5.91 Å². The van der Waals surface area contributed by atoms with Crippen LogP contribution in [-0.2, 0) is 11.3 Å². The number of aliphatic hydroxyl groups is 1. The molecule has 1 aliphatic heterocycles. The number of rotatable bonds is 4. The van der Waals surface area contributed by atoms with Crippen LogP contribution in [0, 0.1) is 0 Å². The van der Waals surface area contributed by atoms with Gasteiger partial charge in [0.15, 0.2) is 0 Å². The van der Waals surface area contributed by atoms with Gasteiger partial charge in [-0.05, 0) is 32.0 Å². The lowest BCUT2D eigenvalue weighted by molar-refractivity contribution is -0.137. The molecule has 1 fully saturated rings. The molecule has 0 spiro atoms. The summed E-state index contributed by atoms with van der Waals surface area (Å²) in [5.74, 6) is -0.0650. The lowest BCUT2D eigenvalue weighted by atomic mass is 10.1. The number of carbonyl (C=O) groups is 1. The predicted octanol–water partition coefficient (Wildman–Crippen LogP) is 1.63. The fourth-order valence-corrected chi connectivity index (χ4v) is 4.43. The third kappa shape index (κ3) is 3.74. The van der Waals surface area contributed by atoms with Gasteiger partial charge < -0.3 is 10.0 Å². The Bertz CT molecular complexity index is 834. The maximum absolute atomic E-state index is 12.8. The molecule has 2 unspecified atom stereocenters. The van der Waals surface area contributed by atoms with E-state index in [4.69, 9.17) is 16.7 Å². The first-order valence-corrected chi connectivity index (χ1v) is 9.53. The average Bonchev–Trinajstić information content (AvgIpc) is 2.86. The fourth-order valence-electron chi connectivity index (χ4n) is 3.40. The Balaban J connectivity index is 1.80. The number of β-amino-alcohol motifs (C(OH)–C–C–N with tert-alkyl or cyclic N) is 1. The molecule has 1 N–H and O–H groups in total. The second-order valence-electron chi connectivity index (χ2n) is 6.53. The smallest absolute Gasteiger partial charge is 0.308 e. The SMILES string of the molecule is CC1CN(C(=O)Cn2c(=O)sc3ccc(Cl)cc32)C(C)CN1CCO. The van der Waals surface area contributed by atoms with E-state index in [1.807, 2.05) is 24.8 Å². The Morgan fingerprint density at radius 1 is 1.32 bits per heavy atom. The minimum absolute atomic E-state index is 0.0240. The summed E-state index contributed by atoms with van der Waals surface area (Å²) in [5, 5.41) is 9.70. The molecule has 1 saturated heterocycles. The molecule has 2 aromatic rings. The summed E-state index contributed by atoms with van der Waals surface area (Å²) in [6, 6.07) is 5.50. The highest BCUT2D eigenvalue weighted by atomic mass is 35.5. The number of amides is 1. The normalized spacial score (nSPS) is 21.8. The number of nitrogens with zero attached hydrogens (tertiary/aromatic N) is 3. The number of carbonyl (C=O) groups excluding carboxylic acids is 1. The number of benzene rings is 1. The van der Waals surface area contributed by atoms with Gasteiger partial charge in [-0.25, -0.2) is 0 Å². The number of fused-ring (bicyclic) bond motifs is 1. The second kappa shape index (κ2) is 7.45. The highest BCUT2D eigenvalue weighted by molar-refractivity contribution is 7.16. The molecule has 2 heterocycles. The molecule has 8 heteroatoms. The quantitative estimate of drug-likeness (QED) is 0.871. The van der Waals surface area contributed by atoms with Gasteiger partial charge in [0.1, 0.15) is 6.54 Å². The zero-order valence-corrected chi connectivity index (χ0v) is 15.9. The first-order chi connectivity index (χ1) is 11.9. The predicted molar refractivity (Wildman–Crippen MR) is 100 cm³/mol. The van der Waals surface area contributed by atoms with Crippen molar-refractivity contribution < 1.29 is 9.90 Å². The molecule has 3 rings (SSSR count). The summed E-state index contributed by atoms with van der Waals surface area (Å²) in [6.45, 7) is 6.11. The fraction of sp³-hybridized carbons (Fsp3) is 0.529. The zero-order chi connectivity index (χ0) is 18.1. The highest BCUT2D eigenvalue weighted by Crippen LogP contribution is 2.22. The van der Waals surface area contributed by atoms with E-state index >= 15 is 0 Å². The van der Waals surface area contributed by atoms with E-state index in [1.54, 1.807) is 12.1 Å². The Morgan fingerprint density at radius 3 is 2.80 bits per heavy atom. The summed E-state index contributed by atoms with van der Waals surface area (Å²) in [7, 11) is 0. The summed E-state index contributed by atoms with van der Waals surface area (Å²) < 4.78 is 2.34. The van der Waals surface area contributed by atoms with Gasteiger partial charge in [-0.3, -0.25) is 19.1 Å². The van der Waals surface area contributed by atoms with E-state index in [0.717, 1.165) is 22.6 Å². The van der Waals surface area contributed by atoms with Gasteiger partial charge in [0, 0.05) is 36.7 Å². The number of aromatic nitrogens is 1. The number of hydrogen-bond donors (Lipinski definition) is 1. The Labute approximate surface area is 155 Å². The lowest BCUT2D eigenvalue weighted by Gasteiger charge is -2.44. The van der Waals surface area contributed by atoms with E-state index < -0.39 is 0 Å². The Morgan fingerprint density at radius 2 is 2.08 bits per heavy atom. The first-order valence-electron chi connectivity index (χ1n) is 8.34. The van der Waals surface area contributed by atoms with Crippen molar-refractivity contribution in [1.82, 2.24) is 14.4 Å². The van der Waals surface area contributed by atoms with Gasteiger partial charge in [-0.2, -0.15) is 0 Å². The molecule has 136 valence electrons. The van der Waals surface area contributed by atoms with Crippen LogP contribution in [0.2, 0.25) is 5.02 Å². The van der Waals surface area contributed by atoms with Gasteiger partial charge in [-0.15, -0.1) is 0 Å². The molecular formula is C17H22ClN3O3S. The topological polar surface area (TPSA) is 65.8 Å².